The SMILES string of the molecule is Cc1ccnc(NCc2c(OC(C)C)ccc3ccccc23)n1. The molecule has 0 aliphatic rings. The summed E-state index contributed by atoms with van der Waals surface area (Å²) in [6.07, 6.45) is 1.89. The first kappa shape index (κ1) is 15.3. The zero-order valence-electron chi connectivity index (χ0n) is 13.7. The van der Waals surface area contributed by atoms with Gasteiger partial charge in [-0.25, -0.2) is 9.97 Å². The molecule has 0 unspecified atom stereocenters. The number of anilines is 1. The second-order valence-electron chi connectivity index (χ2n) is 5.81. The van der Waals surface area contributed by atoms with Crippen molar-refractivity contribution in [2.75, 3.05) is 5.32 Å². The van der Waals surface area contributed by atoms with E-state index in [1.807, 2.05) is 45.0 Å². The van der Waals surface area contributed by atoms with Gasteiger partial charge in [-0.2, -0.15) is 0 Å². The van der Waals surface area contributed by atoms with Gasteiger partial charge in [-0.1, -0.05) is 30.3 Å². The first-order valence-electron chi connectivity index (χ1n) is 7.84. The minimum absolute atomic E-state index is 0.130. The van der Waals surface area contributed by atoms with Gasteiger partial charge in [0.1, 0.15) is 5.75 Å². The second kappa shape index (κ2) is 6.65. The van der Waals surface area contributed by atoms with E-state index < -0.39 is 0 Å². The summed E-state index contributed by atoms with van der Waals surface area (Å²) in [6, 6.07) is 14.4. The lowest BCUT2D eigenvalue weighted by molar-refractivity contribution is 0.240. The molecule has 3 rings (SSSR count). The lowest BCUT2D eigenvalue weighted by Crippen LogP contribution is -2.10. The average Bonchev–Trinajstić information content (AvgIpc) is 2.53. The summed E-state index contributed by atoms with van der Waals surface area (Å²) in [7, 11) is 0. The molecule has 0 aliphatic heterocycles. The molecule has 0 fully saturated rings. The Kier molecular flexibility index (Phi) is 4.42. The summed E-state index contributed by atoms with van der Waals surface area (Å²) in [5.41, 5.74) is 2.07. The number of fused-ring (bicyclic) bond motifs is 1. The fraction of sp³-hybridized carbons (Fsp3) is 0.263. The normalized spacial score (nSPS) is 11.0. The molecule has 4 heteroatoms. The summed E-state index contributed by atoms with van der Waals surface area (Å²) in [6.45, 7) is 6.65. The summed E-state index contributed by atoms with van der Waals surface area (Å²) < 4.78 is 5.98. The van der Waals surface area contributed by atoms with Gasteiger partial charge in [-0.15, -0.1) is 0 Å². The summed E-state index contributed by atoms with van der Waals surface area (Å²) in [5.74, 6) is 1.53. The second-order valence-corrected chi connectivity index (χ2v) is 5.81. The van der Waals surface area contributed by atoms with Gasteiger partial charge >= 0.3 is 0 Å². The molecule has 0 bridgehead atoms. The Hall–Kier alpha value is -2.62. The molecule has 1 heterocycles. The molecule has 0 saturated carbocycles. The van der Waals surface area contributed by atoms with Gasteiger partial charge in [-0.3, -0.25) is 0 Å². The van der Waals surface area contributed by atoms with Crippen molar-refractivity contribution < 1.29 is 4.74 Å². The van der Waals surface area contributed by atoms with Crippen LogP contribution in [-0.4, -0.2) is 16.1 Å². The Bertz CT molecular complexity index is 815. The van der Waals surface area contributed by atoms with Crippen molar-refractivity contribution in [3.8, 4) is 5.75 Å². The molecule has 0 atom stereocenters. The number of ether oxygens (including phenoxy) is 1. The highest BCUT2D eigenvalue weighted by molar-refractivity contribution is 5.88. The average molecular weight is 307 g/mol. The molecule has 2 aromatic carbocycles. The molecule has 1 aromatic heterocycles. The largest absolute Gasteiger partial charge is 0.491 e. The number of rotatable bonds is 5. The van der Waals surface area contributed by atoms with Crippen LogP contribution in [0.5, 0.6) is 5.75 Å². The van der Waals surface area contributed by atoms with Crippen LogP contribution >= 0.6 is 0 Å². The molecule has 4 nitrogen and oxygen atoms in total. The van der Waals surface area contributed by atoms with Crippen LogP contribution in [0.15, 0.2) is 48.7 Å². The first-order valence-corrected chi connectivity index (χ1v) is 7.84. The van der Waals surface area contributed by atoms with Gasteiger partial charge in [-0.05, 0) is 43.7 Å². The van der Waals surface area contributed by atoms with Crippen molar-refractivity contribution in [2.24, 2.45) is 0 Å². The fourth-order valence-electron chi connectivity index (χ4n) is 2.56. The number of nitrogens with one attached hydrogen (secondary N) is 1. The van der Waals surface area contributed by atoms with Gasteiger partial charge in [0.05, 0.1) is 6.10 Å². The van der Waals surface area contributed by atoms with E-state index in [0.29, 0.717) is 12.5 Å². The minimum Gasteiger partial charge on any atom is -0.491 e. The van der Waals surface area contributed by atoms with Crippen molar-refractivity contribution in [3.05, 3.63) is 59.9 Å². The maximum atomic E-state index is 5.98. The van der Waals surface area contributed by atoms with E-state index in [0.717, 1.165) is 17.0 Å². The smallest absolute Gasteiger partial charge is 0.223 e. The third-order valence-corrected chi connectivity index (χ3v) is 3.58. The monoisotopic (exact) mass is 307 g/mol. The Morgan fingerprint density at radius 1 is 1.09 bits per heavy atom. The Morgan fingerprint density at radius 2 is 1.91 bits per heavy atom. The van der Waals surface area contributed by atoms with Gasteiger partial charge in [0.2, 0.25) is 5.95 Å². The fourth-order valence-corrected chi connectivity index (χ4v) is 2.56. The lowest BCUT2D eigenvalue weighted by Gasteiger charge is -2.17. The number of hydrogen-bond donors (Lipinski definition) is 1. The molecule has 3 aromatic rings. The molecule has 118 valence electrons. The summed E-state index contributed by atoms with van der Waals surface area (Å²) in [4.78, 5) is 8.66. The van der Waals surface area contributed by atoms with E-state index in [-0.39, 0.29) is 6.10 Å². The number of nitrogens with zero attached hydrogens (tertiary/aromatic N) is 2. The van der Waals surface area contributed by atoms with Gasteiger partial charge in [0.25, 0.3) is 0 Å². The zero-order chi connectivity index (χ0) is 16.2. The Labute approximate surface area is 136 Å². The van der Waals surface area contributed by atoms with Crippen LogP contribution in [-0.2, 0) is 6.54 Å². The third kappa shape index (κ3) is 3.59. The molecule has 23 heavy (non-hydrogen) atoms. The van der Waals surface area contributed by atoms with E-state index in [9.17, 15) is 0 Å². The molecule has 0 aliphatic carbocycles. The maximum absolute atomic E-state index is 5.98. The maximum Gasteiger partial charge on any atom is 0.223 e. The molecule has 0 radical (unpaired) electrons. The highest BCUT2D eigenvalue weighted by Gasteiger charge is 2.10. The van der Waals surface area contributed by atoms with Gasteiger partial charge < -0.3 is 10.1 Å². The van der Waals surface area contributed by atoms with Crippen LogP contribution in [0.2, 0.25) is 0 Å². The Morgan fingerprint density at radius 3 is 2.70 bits per heavy atom. The van der Waals surface area contributed by atoms with E-state index in [1.165, 1.54) is 10.8 Å². The standard InChI is InChI=1S/C19H21N3O/c1-13(2)23-18-9-8-15-6-4-5-7-16(15)17(18)12-21-19-20-11-10-14(3)22-19/h4-11,13H,12H2,1-3H3,(H,20,21,22). The van der Waals surface area contributed by atoms with E-state index in [1.54, 1.807) is 6.20 Å². The Balaban J connectivity index is 1.96. The topological polar surface area (TPSA) is 47.0 Å². The quantitative estimate of drug-likeness (QED) is 0.762. The molecule has 0 spiro atoms. The van der Waals surface area contributed by atoms with Crippen molar-refractivity contribution in [1.82, 2.24) is 9.97 Å². The number of benzene rings is 2. The van der Waals surface area contributed by atoms with Crippen molar-refractivity contribution in [1.29, 1.82) is 0 Å². The van der Waals surface area contributed by atoms with Crippen LogP contribution < -0.4 is 10.1 Å². The molecule has 0 amide bonds. The number of aryl methyl sites for hydroxylation is 1. The van der Waals surface area contributed by atoms with Crippen LogP contribution in [0.25, 0.3) is 10.8 Å². The van der Waals surface area contributed by atoms with Crippen LogP contribution in [0.3, 0.4) is 0 Å². The van der Waals surface area contributed by atoms with Gasteiger partial charge in [0, 0.05) is 24.0 Å². The molecule has 0 saturated heterocycles. The number of aromatic nitrogens is 2. The molecule has 1 N–H and O–H groups in total. The third-order valence-electron chi connectivity index (χ3n) is 3.58. The first-order chi connectivity index (χ1) is 11.1. The molecular weight excluding hydrogens is 286 g/mol. The van der Waals surface area contributed by atoms with Crippen LogP contribution in [0, 0.1) is 6.92 Å². The van der Waals surface area contributed by atoms with Crippen molar-refractivity contribution in [2.45, 2.75) is 33.4 Å². The highest BCUT2D eigenvalue weighted by atomic mass is 16.5. The van der Waals surface area contributed by atoms with E-state index in [2.05, 4.69) is 33.5 Å². The van der Waals surface area contributed by atoms with Crippen LogP contribution in [0.1, 0.15) is 25.1 Å². The number of hydrogen-bond acceptors (Lipinski definition) is 4. The lowest BCUT2D eigenvalue weighted by atomic mass is 10.0. The van der Waals surface area contributed by atoms with Gasteiger partial charge in [0.15, 0.2) is 0 Å². The minimum atomic E-state index is 0.130. The predicted octanol–water partition coefficient (Wildman–Crippen LogP) is 4.34. The predicted molar refractivity (Wildman–Crippen MR) is 93.8 cm³/mol. The van der Waals surface area contributed by atoms with Crippen LogP contribution in [0.4, 0.5) is 5.95 Å². The van der Waals surface area contributed by atoms with E-state index in [4.69, 9.17) is 4.74 Å². The van der Waals surface area contributed by atoms with E-state index >= 15 is 0 Å². The zero-order valence-corrected chi connectivity index (χ0v) is 13.7. The van der Waals surface area contributed by atoms with Crippen molar-refractivity contribution in [3.63, 3.8) is 0 Å². The summed E-state index contributed by atoms with van der Waals surface area (Å²) in [5, 5.41) is 5.69. The molecular formula is C19H21N3O. The van der Waals surface area contributed by atoms with Crippen molar-refractivity contribution >= 4 is 16.7 Å². The summed E-state index contributed by atoms with van der Waals surface area (Å²) >= 11 is 0. The highest BCUT2D eigenvalue weighted by Crippen LogP contribution is 2.29.